The Balaban J connectivity index is 0.000000225. The van der Waals surface area contributed by atoms with Crippen LogP contribution in [0.15, 0.2) is 122 Å². The Hall–Kier alpha value is -9.34. The molecule has 0 atom stereocenters. The van der Waals surface area contributed by atoms with E-state index in [2.05, 4.69) is 87.1 Å². The Morgan fingerprint density at radius 2 is 1.05 bits per heavy atom. The van der Waals surface area contributed by atoms with Gasteiger partial charge in [0, 0.05) is 118 Å². The van der Waals surface area contributed by atoms with Gasteiger partial charge >= 0.3 is 41.5 Å². The van der Waals surface area contributed by atoms with Crippen molar-refractivity contribution in [2.24, 2.45) is 17.1 Å². The Labute approximate surface area is 638 Å². The van der Waals surface area contributed by atoms with Gasteiger partial charge in [0.25, 0.3) is 0 Å². The maximum Gasteiger partial charge on any atom is 1.00 e. The maximum atomic E-state index is 13.5. The van der Waals surface area contributed by atoms with Crippen molar-refractivity contribution in [2.45, 2.75) is 85.1 Å². The molecule has 0 spiro atoms. The molecule has 24 nitrogen and oxygen atoms in total. The molecule has 2 saturated heterocycles. The molecule has 0 amide bonds. The molecule has 4 N–H and O–H groups in total. The summed E-state index contributed by atoms with van der Waals surface area (Å²) < 4.78 is 50.2. The quantitative estimate of drug-likeness (QED) is 0.0462. The fourth-order valence-corrected chi connectivity index (χ4v) is 12.8. The van der Waals surface area contributed by atoms with Crippen molar-refractivity contribution >= 4 is 112 Å². The zero-order valence-corrected chi connectivity index (χ0v) is 63.0. The molecule has 2 saturated carbocycles. The van der Waals surface area contributed by atoms with Gasteiger partial charge in [-0.15, -0.1) is 12.4 Å². The van der Waals surface area contributed by atoms with Gasteiger partial charge in [-0.3, -0.25) is 22.8 Å². The average Bonchev–Trinajstić information content (AvgIpc) is 1.69. The minimum absolute atomic E-state index is 0. The van der Waals surface area contributed by atoms with Crippen LogP contribution in [0.4, 0.5) is 46.7 Å². The van der Waals surface area contributed by atoms with Gasteiger partial charge in [0.15, 0.2) is 16.0 Å². The van der Waals surface area contributed by atoms with E-state index in [1.807, 2.05) is 82.1 Å². The summed E-state index contributed by atoms with van der Waals surface area (Å²) in [5.41, 5.74) is 15.3. The number of aliphatic hydroxyl groups excluding tert-OH is 2. The molecular weight excluding hydrogens is 1410 g/mol. The monoisotopic (exact) mass is 1490 g/mol. The fourth-order valence-electron chi connectivity index (χ4n) is 11.1. The molecule has 0 bridgehead atoms. The Bertz CT molecular complexity index is 4700. The van der Waals surface area contributed by atoms with Crippen molar-refractivity contribution in [3.63, 3.8) is 0 Å². The summed E-state index contributed by atoms with van der Waals surface area (Å²) in [4.78, 5) is 85.8. The minimum Gasteiger partial charge on any atom is -0.793 e. The Kier molecular flexibility index (Phi) is 28.5. The number of carbonyl (C=O) groups is 4. The van der Waals surface area contributed by atoms with Gasteiger partial charge in [0.2, 0.25) is 5.97 Å². The standard InChI is InChI=1S/C33H32FN7OS.C28H22FN7OS.C4H9NO.C4H6O4.C2H3BO2.CH3F.ClH.Na/c1-3-26-31(39(2)32-38-30(27(15-35)43-32)22-4-8-25(34)9-5-22)41-19-24(7-11-29(41)37-26)23-6-10-28(36-16-23)40-17-21(18-40)14-33(20-42)12-13-33;1-3-22-27(34(2)28-33-26(23(12-30)38-28)17-4-8-20(29)9-5-17)36-14-19(7-11-25(36)32-22)18-6-10-24(31-13-18)35-15-21(37)16-35;5-4(3-6)1-2-4;1-3(5)7-8-4(2)6;1-2(4)5-3;1-2;;/h4-11,16,19,21,42H,3,12-14,17-18,20H2,1-2H3;4-11,13-14H,3,15-16H2,1-2H3;6H,1-3,5H2;1-2H3;1H3;1H3;1H;/q;;;;-1;;;+1/i;;;;;1D;;. The van der Waals surface area contributed by atoms with E-state index in [4.69, 9.17) is 37.1 Å². The normalized spacial score (nSPS) is 14.0. The van der Waals surface area contributed by atoms with Gasteiger partial charge in [0.05, 0.1) is 39.6 Å². The van der Waals surface area contributed by atoms with Crippen molar-refractivity contribution in [3.05, 3.63) is 155 Å². The number of nitrogens with two attached hydrogens (primary N) is 1. The third kappa shape index (κ3) is 20.1. The van der Waals surface area contributed by atoms with Gasteiger partial charge in [-0.25, -0.2) is 58.0 Å². The Morgan fingerprint density at radius 3 is 1.36 bits per heavy atom. The molecule has 14 rings (SSSR count). The molecule has 537 valence electrons. The van der Waals surface area contributed by atoms with E-state index in [0.717, 1.165) is 134 Å². The third-order valence-electron chi connectivity index (χ3n) is 17.0. The molecule has 32 heteroatoms. The van der Waals surface area contributed by atoms with Crippen molar-refractivity contribution < 1.29 is 87.9 Å². The number of nitriles is 2. The number of hydrogen-bond donors (Lipinski definition) is 3. The molecule has 4 aliphatic rings. The summed E-state index contributed by atoms with van der Waals surface area (Å²) in [6.45, 7) is 10.9. The van der Waals surface area contributed by atoms with Gasteiger partial charge in [0.1, 0.15) is 79.5 Å². The van der Waals surface area contributed by atoms with E-state index in [-0.39, 0.29) is 76.9 Å². The molecule has 8 aromatic heterocycles. The summed E-state index contributed by atoms with van der Waals surface area (Å²) in [5.74, 6) is 1.96. The molecule has 2 aromatic carbocycles. The molecule has 10 aromatic rings. The van der Waals surface area contributed by atoms with Crippen LogP contribution >= 0.6 is 35.1 Å². The number of halogens is 4. The summed E-state index contributed by atoms with van der Waals surface area (Å²) in [6.07, 6.45) is 14.7. The van der Waals surface area contributed by atoms with Crippen LogP contribution < -0.4 is 54.9 Å². The van der Waals surface area contributed by atoms with E-state index < -0.39 is 25.1 Å². The topological polar surface area (TPSA) is 309 Å². The number of fused-ring (bicyclic) bond motifs is 2. The number of nitrogens with zero attached hydrogens (tertiary/aromatic N) is 14. The molecule has 4 fully saturated rings. The van der Waals surface area contributed by atoms with E-state index in [0.29, 0.717) is 74.6 Å². The summed E-state index contributed by atoms with van der Waals surface area (Å²) in [5, 5.41) is 38.9. The number of hydrogen-bond acceptors (Lipinski definition) is 24. The summed E-state index contributed by atoms with van der Waals surface area (Å²) in [7, 11) is 7.17. The van der Waals surface area contributed by atoms with Crippen LogP contribution in [0.1, 0.15) is 89.2 Å². The zero-order valence-electron chi connectivity index (χ0n) is 59.6. The van der Waals surface area contributed by atoms with Gasteiger partial charge in [-0.2, -0.15) is 10.5 Å². The number of anilines is 6. The van der Waals surface area contributed by atoms with E-state index in [1.54, 1.807) is 24.3 Å². The number of imidazole rings is 2. The van der Waals surface area contributed by atoms with Crippen LogP contribution in [-0.2, 0) is 46.4 Å². The maximum absolute atomic E-state index is 13.5. The van der Waals surface area contributed by atoms with Gasteiger partial charge in [-0.05, 0) is 153 Å². The van der Waals surface area contributed by atoms with E-state index in [1.165, 1.54) is 53.9 Å². The number of aliphatic hydroxyl groups is 2. The van der Waals surface area contributed by atoms with Crippen molar-refractivity contribution in [1.29, 1.82) is 10.5 Å². The van der Waals surface area contributed by atoms with Crippen LogP contribution in [0.2, 0.25) is 0 Å². The second-order valence-corrected chi connectivity index (χ2v) is 26.5. The van der Waals surface area contributed by atoms with E-state index in [9.17, 15) is 48.0 Å². The summed E-state index contributed by atoms with van der Waals surface area (Å²) >= 11 is 2.59. The fraction of sp³-hybridized carbons (Fsp3) is 0.333. The van der Waals surface area contributed by atoms with Crippen LogP contribution in [0.3, 0.4) is 0 Å². The second-order valence-electron chi connectivity index (χ2n) is 24.6. The number of benzene rings is 2. The number of Topliss-reactive ketones (excluding diaryl/α,β-unsaturated/α-hetero) is 1. The first kappa shape index (κ1) is 80.4. The summed E-state index contributed by atoms with van der Waals surface area (Å²) in [6, 6.07) is 32.7. The second kappa shape index (κ2) is 36.9. The largest absolute Gasteiger partial charge is 1.00 e. The number of alkyl halides is 1. The molecule has 2 aliphatic heterocycles. The van der Waals surface area contributed by atoms with Crippen LogP contribution in [0.5, 0.6) is 0 Å². The van der Waals surface area contributed by atoms with E-state index >= 15 is 0 Å². The smallest absolute Gasteiger partial charge is 0.793 e. The van der Waals surface area contributed by atoms with Gasteiger partial charge in [-0.1, -0.05) is 36.5 Å². The number of carbonyl (C=O) groups excluding carboxylic acids is 4. The number of aromatic nitrogens is 8. The molecular formula is C72H76BClF3N15NaO9S2. The van der Waals surface area contributed by atoms with Crippen LogP contribution in [-0.4, -0.2) is 147 Å². The van der Waals surface area contributed by atoms with Crippen molar-refractivity contribution in [3.8, 4) is 56.9 Å². The number of aryl methyl sites for hydroxylation is 2. The third-order valence-corrected chi connectivity index (χ3v) is 19.1. The number of thiazole rings is 2. The molecule has 0 unspecified atom stereocenters. The van der Waals surface area contributed by atoms with Crippen molar-refractivity contribution in [1.82, 2.24) is 38.7 Å². The minimum atomic E-state index is -1.00. The number of rotatable bonds is 16. The van der Waals surface area contributed by atoms with Crippen LogP contribution in [0, 0.1) is 45.6 Å². The molecule has 104 heavy (non-hydrogen) atoms. The van der Waals surface area contributed by atoms with Crippen molar-refractivity contribution in [2.75, 3.05) is 80.2 Å². The predicted octanol–water partition coefficient (Wildman–Crippen LogP) is 8.85. The van der Waals surface area contributed by atoms with Crippen LogP contribution in [0.25, 0.3) is 56.1 Å². The first-order valence-electron chi connectivity index (χ1n) is 33.0. The predicted molar refractivity (Wildman–Crippen MR) is 391 cm³/mol. The number of ketones is 1. The molecule has 10 heterocycles. The Morgan fingerprint density at radius 1 is 0.654 bits per heavy atom. The first-order valence-corrected chi connectivity index (χ1v) is 33.9. The SMILES string of the molecule is CC(=O)OOC(C)=O.CCc1nc2ccc(-c3ccc(N4CC(=O)C4)nc3)cn2c1N(C)c1nc(-c2ccc(F)cc2)c(C#N)s1.CCc1nc2ccc(-c3ccc(N4CC(CC5(CO)CC5)C4)nc3)cn2c1N(C)c1nc(-c2ccc(F)cc2)c(C#N)s1.Cl.NC1(CO)CC1.[2H]CF.[B-]OC(C)=O.[Na+]. The average molecular weight is 1490 g/mol. The zero-order chi connectivity index (χ0) is 74.3. The number of pyridine rings is 4. The molecule has 3 radical (unpaired) electrons. The molecule has 2 aliphatic carbocycles. The van der Waals surface area contributed by atoms with Gasteiger partial charge < -0.3 is 48.2 Å². The first-order chi connectivity index (χ1) is 49.4.